The second-order valence-electron chi connectivity index (χ2n) is 4.64. The first-order valence-corrected chi connectivity index (χ1v) is 6.10. The molecule has 0 unspecified atom stereocenters. The number of rotatable bonds is 2. The van der Waals surface area contributed by atoms with Crippen molar-refractivity contribution in [3.05, 3.63) is 24.6 Å². The van der Waals surface area contributed by atoms with Crippen molar-refractivity contribution in [3.63, 3.8) is 0 Å². The Bertz CT molecular complexity index is 501. The van der Waals surface area contributed by atoms with E-state index in [4.69, 9.17) is 4.42 Å². The molecule has 2 heterocycles. The maximum atomic E-state index is 9.47. The lowest BCUT2D eigenvalue weighted by atomic mass is 9.93. The van der Waals surface area contributed by atoms with E-state index in [-0.39, 0.29) is 6.10 Å². The standard InChI is InChI=1S/C13H16N2O2/c16-10-3-1-9(2-4-10)15-13-11-6-8-17-12(11)5-7-14-13/h5-10,16H,1-4H2,(H,14,15). The van der Waals surface area contributed by atoms with Crippen molar-refractivity contribution in [2.45, 2.75) is 37.8 Å². The number of aliphatic hydroxyl groups is 1. The molecule has 0 spiro atoms. The third-order valence-electron chi connectivity index (χ3n) is 3.42. The second-order valence-corrected chi connectivity index (χ2v) is 4.64. The Labute approximate surface area is 99.7 Å². The Kier molecular flexibility index (Phi) is 2.73. The van der Waals surface area contributed by atoms with Crippen LogP contribution >= 0.6 is 0 Å². The highest BCUT2D eigenvalue weighted by atomic mass is 16.3. The summed E-state index contributed by atoms with van der Waals surface area (Å²) >= 11 is 0. The molecule has 90 valence electrons. The molecule has 0 saturated heterocycles. The van der Waals surface area contributed by atoms with Crippen LogP contribution in [0.25, 0.3) is 11.0 Å². The van der Waals surface area contributed by atoms with Crippen LogP contribution in [0.3, 0.4) is 0 Å². The van der Waals surface area contributed by atoms with Crippen LogP contribution in [0.15, 0.2) is 29.0 Å². The third kappa shape index (κ3) is 2.13. The molecule has 0 aromatic carbocycles. The van der Waals surface area contributed by atoms with Gasteiger partial charge in [-0.3, -0.25) is 0 Å². The minimum absolute atomic E-state index is 0.120. The van der Waals surface area contributed by atoms with E-state index in [0.29, 0.717) is 6.04 Å². The topological polar surface area (TPSA) is 58.3 Å². The normalized spacial score (nSPS) is 25.0. The van der Waals surface area contributed by atoms with Crippen molar-refractivity contribution in [3.8, 4) is 0 Å². The van der Waals surface area contributed by atoms with Crippen LogP contribution < -0.4 is 5.32 Å². The lowest BCUT2D eigenvalue weighted by molar-refractivity contribution is 0.126. The smallest absolute Gasteiger partial charge is 0.139 e. The van der Waals surface area contributed by atoms with Gasteiger partial charge in [0.05, 0.1) is 17.8 Å². The average Bonchev–Trinajstić information content (AvgIpc) is 2.81. The van der Waals surface area contributed by atoms with Gasteiger partial charge >= 0.3 is 0 Å². The van der Waals surface area contributed by atoms with E-state index < -0.39 is 0 Å². The number of hydrogen-bond donors (Lipinski definition) is 2. The molecule has 4 heteroatoms. The number of anilines is 1. The predicted molar refractivity (Wildman–Crippen MR) is 65.9 cm³/mol. The van der Waals surface area contributed by atoms with Gasteiger partial charge in [0.25, 0.3) is 0 Å². The van der Waals surface area contributed by atoms with E-state index in [9.17, 15) is 5.11 Å². The molecule has 0 bridgehead atoms. The van der Waals surface area contributed by atoms with E-state index in [2.05, 4.69) is 10.3 Å². The Balaban J connectivity index is 1.78. The highest BCUT2D eigenvalue weighted by Crippen LogP contribution is 2.26. The van der Waals surface area contributed by atoms with E-state index in [1.165, 1.54) is 0 Å². The van der Waals surface area contributed by atoms with Gasteiger partial charge in [-0.2, -0.15) is 0 Å². The van der Waals surface area contributed by atoms with Crippen molar-refractivity contribution >= 4 is 16.8 Å². The number of aliphatic hydroxyl groups excluding tert-OH is 1. The third-order valence-corrected chi connectivity index (χ3v) is 3.42. The summed E-state index contributed by atoms with van der Waals surface area (Å²) in [6.45, 7) is 0. The predicted octanol–water partition coefficient (Wildman–Crippen LogP) is 2.54. The summed E-state index contributed by atoms with van der Waals surface area (Å²) in [5.74, 6) is 0.887. The minimum Gasteiger partial charge on any atom is -0.464 e. The number of nitrogens with one attached hydrogen (secondary N) is 1. The van der Waals surface area contributed by atoms with Crippen LogP contribution in [0, 0.1) is 0 Å². The van der Waals surface area contributed by atoms with Crippen LogP contribution in [0.1, 0.15) is 25.7 Å². The van der Waals surface area contributed by atoms with E-state index in [1.54, 1.807) is 12.5 Å². The van der Waals surface area contributed by atoms with Crippen molar-refractivity contribution in [1.82, 2.24) is 4.98 Å². The van der Waals surface area contributed by atoms with Crippen molar-refractivity contribution in [2.75, 3.05) is 5.32 Å². The molecule has 1 aliphatic carbocycles. The molecule has 0 atom stereocenters. The fourth-order valence-electron chi connectivity index (χ4n) is 2.42. The number of nitrogens with zero attached hydrogens (tertiary/aromatic N) is 1. The zero-order chi connectivity index (χ0) is 11.7. The van der Waals surface area contributed by atoms with Crippen LogP contribution in [0.4, 0.5) is 5.82 Å². The first-order chi connectivity index (χ1) is 8.33. The number of furan rings is 1. The number of hydrogen-bond acceptors (Lipinski definition) is 4. The summed E-state index contributed by atoms with van der Waals surface area (Å²) < 4.78 is 5.34. The Morgan fingerprint density at radius 3 is 2.88 bits per heavy atom. The quantitative estimate of drug-likeness (QED) is 0.835. The molecule has 17 heavy (non-hydrogen) atoms. The lowest BCUT2D eigenvalue weighted by Gasteiger charge is -2.26. The van der Waals surface area contributed by atoms with Crippen LogP contribution in [-0.2, 0) is 0 Å². The Morgan fingerprint density at radius 2 is 2.06 bits per heavy atom. The van der Waals surface area contributed by atoms with Gasteiger partial charge in [-0.15, -0.1) is 0 Å². The van der Waals surface area contributed by atoms with Gasteiger partial charge in [-0.05, 0) is 37.8 Å². The molecule has 1 aliphatic rings. The molecular formula is C13H16N2O2. The van der Waals surface area contributed by atoms with E-state index in [1.807, 2.05) is 12.1 Å². The molecule has 2 aromatic rings. The zero-order valence-electron chi connectivity index (χ0n) is 9.60. The Morgan fingerprint density at radius 1 is 1.24 bits per heavy atom. The first kappa shape index (κ1) is 10.6. The van der Waals surface area contributed by atoms with Crippen molar-refractivity contribution in [1.29, 1.82) is 0 Å². The van der Waals surface area contributed by atoms with Crippen molar-refractivity contribution < 1.29 is 9.52 Å². The van der Waals surface area contributed by atoms with Crippen LogP contribution in [-0.4, -0.2) is 22.2 Å². The lowest BCUT2D eigenvalue weighted by Crippen LogP contribution is -2.28. The monoisotopic (exact) mass is 232 g/mol. The molecule has 3 rings (SSSR count). The molecule has 0 radical (unpaired) electrons. The minimum atomic E-state index is -0.120. The van der Waals surface area contributed by atoms with Gasteiger partial charge in [0.15, 0.2) is 0 Å². The molecule has 4 nitrogen and oxygen atoms in total. The van der Waals surface area contributed by atoms with E-state index >= 15 is 0 Å². The molecule has 1 fully saturated rings. The largest absolute Gasteiger partial charge is 0.464 e. The summed E-state index contributed by atoms with van der Waals surface area (Å²) in [4.78, 5) is 4.36. The first-order valence-electron chi connectivity index (χ1n) is 6.10. The zero-order valence-corrected chi connectivity index (χ0v) is 9.60. The van der Waals surface area contributed by atoms with Gasteiger partial charge < -0.3 is 14.8 Å². The molecule has 2 N–H and O–H groups in total. The van der Waals surface area contributed by atoms with Gasteiger partial charge in [0, 0.05) is 12.2 Å². The fourth-order valence-corrected chi connectivity index (χ4v) is 2.42. The average molecular weight is 232 g/mol. The van der Waals surface area contributed by atoms with Gasteiger partial charge in [-0.25, -0.2) is 4.98 Å². The number of aromatic nitrogens is 1. The fraction of sp³-hybridized carbons (Fsp3) is 0.462. The highest BCUT2D eigenvalue weighted by molar-refractivity contribution is 5.87. The molecular weight excluding hydrogens is 216 g/mol. The van der Waals surface area contributed by atoms with Crippen LogP contribution in [0.2, 0.25) is 0 Å². The molecule has 1 saturated carbocycles. The summed E-state index contributed by atoms with van der Waals surface area (Å²) in [5.41, 5.74) is 0.860. The van der Waals surface area contributed by atoms with Gasteiger partial charge in [0.2, 0.25) is 0 Å². The molecule has 2 aromatic heterocycles. The van der Waals surface area contributed by atoms with Crippen LogP contribution in [0.5, 0.6) is 0 Å². The maximum Gasteiger partial charge on any atom is 0.139 e. The Hall–Kier alpha value is -1.55. The SMILES string of the molecule is OC1CCC(Nc2nccc3occc23)CC1. The highest BCUT2D eigenvalue weighted by Gasteiger charge is 2.20. The molecule has 0 amide bonds. The number of pyridine rings is 1. The summed E-state index contributed by atoms with van der Waals surface area (Å²) in [7, 11) is 0. The summed E-state index contributed by atoms with van der Waals surface area (Å²) in [5, 5.41) is 13.9. The van der Waals surface area contributed by atoms with Gasteiger partial charge in [-0.1, -0.05) is 0 Å². The maximum absolute atomic E-state index is 9.47. The molecule has 0 aliphatic heterocycles. The summed E-state index contributed by atoms with van der Waals surface area (Å²) in [6, 6.07) is 4.21. The van der Waals surface area contributed by atoms with Gasteiger partial charge in [0.1, 0.15) is 11.4 Å². The van der Waals surface area contributed by atoms with Crippen molar-refractivity contribution in [2.24, 2.45) is 0 Å². The van der Waals surface area contributed by atoms with E-state index in [0.717, 1.165) is 42.5 Å². The summed E-state index contributed by atoms with van der Waals surface area (Å²) in [6.07, 6.45) is 7.06. The number of fused-ring (bicyclic) bond motifs is 1. The second kappa shape index (κ2) is 4.37.